The Kier molecular flexibility index (Phi) is 5.07. The first kappa shape index (κ1) is 15.6. The van der Waals surface area contributed by atoms with Crippen LogP contribution in [0.1, 0.15) is 22.7 Å². The Morgan fingerprint density at radius 3 is 2.19 bits per heavy atom. The number of nitrogens with one attached hydrogen (secondary N) is 1. The van der Waals surface area contributed by atoms with Gasteiger partial charge in [-0.05, 0) is 36.2 Å². The molecule has 2 aromatic carbocycles. The van der Waals surface area contributed by atoms with Crippen molar-refractivity contribution < 1.29 is 9.47 Å². The SMILES string of the molecule is COc1cccc(OC)c1C(NN)c1ccc(C)c(Cl)c1. The smallest absolute Gasteiger partial charge is 0.127 e. The fourth-order valence-electron chi connectivity index (χ4n) is 2.30. The van der Waals surface area contributed by atoms with Gasteiger partial charge in [-0.3, -0.25) is 5.84 Å². The van der Waals surface area contributed by atoms with Crippen molar-refractivity contribution in [2.45, 2.75) is 13.0 Å². The first-order valence-electron chi connectivity index (χ1n) is 6.55. The molecule has 1 unspecified atom stereocenters. The number of nitrogens with two attached hydrogens (primary N) is 1. The number of halogens is 1. The van der Waals surface area contributed by atoms with Gasteiger partial charge in [0.15, 0.2) is 0 Å². The lowest BCUT2D eigenvalue weighted by Gasteiger charge is -2.22. The van der Waals surface area contributed by atoms with Gasteiger partial charge in [-0.15, -0.1) is 0 Å². The molecule has 5 heteroatoms. The van der Waals surface area contributed by atoms with E-state index < -0.39 is 0 Å². The average Bonchev–Trinajstić information content (AvgIpc) is 2.51. The predicted octanol–water partition coefficient (Wildman–Crippen LogP) is 3.22. The molecule has 0 aliphatic rings. The Hall–Kier alpha value is -1.75. The summed E-state index contributed by atoms with van der Waals surface area (Å²) in [5.74, 6) is 7.17. The standard InChI is InChI=1S/C16H19ClN2O2/c1-10-7-8-11(9-12(10)17)16(19-18)15-13(20-2)5-4-6-14(15)21-3/h4-9,16,19H,18H2,1-3H3. The largest absolute Gasteiger partial charge is 0.496 e. The molecule has 0 heterocycles. The van der Waals surface area contributed by atoms with Gasteiger partial charge < -0.3 is 9.47 Å². The number of methoxy groups -OCH3 is 2. The van der Waals surface area contributed by atoms with E-state index in [2.05, 4.69) is 5.43 Å². The van der Waals surface area contributed by atoms with Gasteiger partial charge in [0.2, 0.25) is 0 Å². The van der Waals surface area contributed by atoms with Crippen molar-refractivity contribution >= 4 is 11.6 Å². The van der Waals surface area contributed by atoms with Crippen LogP contribution in [0.2, 0.25) is 5.02 Å². The lowest BCUT2D eigenvalue weighted by Crippen LogP contribution is -2.29. The topological polar surface area (TPSA) is 56.5 Å². The van der Waals surface area contributed by atoms with Crippen LogP contribution in [0.5, 0.6) is 11.5 Å². The average molecular weight is 307 g/mol. The zero-order valence-electron chi connectivity index (χ0n) is 12.3. The Balaban J connectivity index is 2.57. The van der Waals surface area contributed by atoms with E-state index in [0.717, 1.165) is 16.7 Å². The molecule has 0 aliphatic heterocycles. The van der Waals surface area contributed by atoms with Crippen molar-refractivity contribution in [3.63, 3.8) is 0 Å². The van der Waals surface area contributed by atoms with Crippen LogP contribution >= 0.6 is 11.6 Å². The molecular formula is C16H19ClN2O2. The molecule has 2 rings (SSSR count). The summed E-state index contributed by atoms with van der Waals surface area (Å²) in [7, 11) is 3.24. The number of hydrazine groups is 1. The van der Waals surface area contributed by atoms with Crippen molar-refractivity contribution in [1.29, 1.82) is 0 Å². The molecular weight excluding hydrogens is 288 g/mol. The summed E-state index contributed by atoms with van der Waals surface area (Å²) in [6.07, 6.45) is 0. The number of hydrogen-bond acceptors (Lipinski definition) is 4. The van der Waals surface area contributed by atoms with Crippen molar-refractivity contribution in [3.05, 3.63) is 58.1 Å². The highest BCUT2D eigenvalue weighted by molar-refractivity contribution is 6.31. The van der Waals surface area contributed by atoms with Crippen LogP contribution in [0, 0.1) is 6.92 Å². The molecule has 0 saturated heterocycles. The summed E-state index contributed by atoms with van der Waals surface area (Å²) in [6, 6.07) is 11.2. The maximum absolute atomic E-state index is 6.22. The monoisotopic (exact) mass is 306 g/mol. The molecule has 0 fully saturated rings. The number of ether oxygens (including phenoxy) is 2. The molecule has 1 atom stereocenters. The molecule has 3 N–H and O–H groups in total. The second-order valence-electron chi connectivity index (χ2n) is 4.68. The highest BCUT2D eigenvalue weighted by Crippen LogP contribution is 2.37. The third-order valence-electron chi connectivity index (χ3n) is 3.45. The van der Waals surface area contributed by atoms with E-state index in [4.69, 9.17) is 26.9 Å². The quantitative estimate of drug-likeness (QED) is 0.658. The van der Waals surface area contributed by atoms with Crippen molar-refractivity contribution in [3.8, 4) is 11.5 Å². The molecule has 0 saturated carbocycles. The minimum absolute atomic E-state index is 0.283. The zero-order valence-corrected chi connectivity index (χ0v) is 13.1. The summed E-state index contributed by atoms with van der Waals surface area (Å²) in [6.45, 7) is 1.96. The summed E-state index contributed by atoms with van der Waals surface area (Å²) in [5.41, 5.74) is 5.61. The fraction of sp³-hybridized carbons (Fsp3) is 0.250. The highest BCUT2D eigenvalue weighted by Gasteiger charge is 2.22. The lowest BCUT2D eigenvalue weighted by atomic mass is 9.96. The summed E-state index contributed by atoms with van der Waals surface area (Å²) < 4.78 is 10.9. The second kappa shape index (κ2) is 6.80. The van der Waals surface area contributed by atoms with E-state index in [9.17, 15) is 0 Å². The van der Waals surface area contributed by atoms with Gasteiger partial charge in [-0.2, -0.15) is 0 Å². The van der Waals surface area contributed by atoms with E-state index in [-0.39, 0.29) is 6.04 Å². The maximum Gasteiger partial charge on any atom is 0.127 e. The van der Waals surface area contributed by atoms with E-state index in [1.807, 2.05) is 43.3 Å². The molecule has 0 aromatic heterocycles. The molecule has 0 amide bonds. The van der Waals surface area contributed by atoms with Crippen molar-refractivity contribution in [2.24, 2.45) is 5.84 Å². The maximum atomic E-state index is 6.22. The number of rotatable bonds is 5. The number of aryl methyl sites for hydroxylation is 1. The van der Waals surface area contributed by atoms with Crippen LogP contribution in [0.15, 0.2) is 36.4 Å². The summed E-state index contributed by atoms with van der Waals surface area (Å²) in [5, 5.41) is 0.696. The van der Waals surface area contributed by atoms with Crippen molar-refractivity contribution in [1.82, 2.24) is 5.43 Å². The first-order valence-corrected chi connectivity index (χ1v) is 6.93. The number of benzene rings is 2. The van der Waals surface area contributed by atoms with Crippen LogP contribution in [0.3, 0.4) is 0 Å². The summed E-state index contributed by atoms with van der Waals surface area (Å²) >= 11 is 6.22. The van der Waals surface area contributed by atoms with Crippen LogP contribution in [0.25, 0.3) is 0 Å². The van der Waals surface area contributed by atoms with Crippen LogP contribution < -0.4 is 20.7 Å². The molecule has 2 aromatic rings. The van der Waals surface area contributed by atoms with E-state index in [0.29, 0.717) is 16.5 Å². The van der Waals surface area contributed by atoms with Gasteiger partial charge in [-0.1, -0.05) is 29.8 Å². The molecule has 0 spiro atoms. The highest BCUT2D eigenvalue weighted by atomic mass is 35.5. The van der Waals surface area contributed by atoms with E-state index >= 15 is 0 Å². The Morgan fingerprint density at radius 2 is 1.71 bits per heavy atom. The van der Waals surface area contributed by atoms with Crippen LogP contribution in [0.4, 0.5) is 0 Å². The zero-order chi connectivity index (χ0) is 15.4. The van der Waals surface area contributed by atoms with Gasteiger partial charge >= 0.3 is 0 Å². The first-order chi connectivity index (χ1) is 10.1. The molecule has 4 nitrogen and oxygen atoms in total. The van der Waals surface area contributed by atoms with Crippen LogP contribution in [-0.4, -0.2) is 14.2 Å². The minimum atomic E-state index is -0.283. The Bertz CT molecular complexity index is 609. The van der Waals surface area contributed by atoms with Gasteiger partial charge in [0.25, 0.3) is 0 Å². The normalized spacial score (nSPS) is 12.0. The third kappa shape index (κ3) is 3.13. The molecule has 0 aliphatic carbocycles. The molecule has 0 bridgehead atoms. The van der Waals surface area contributed by atoms with Gasteiger partial charge in [0.05, 0.1) is 25.8 Å². The number of hydrogen-bond donors (Lipinski definition) is 2. The van der Waals surface area contributed by atoms with Crippen LogP contribution in [-0.2, 0) is 0 Å². The van der Waals surface area contributed by atoms with Crippen molar-refractivity contribution in [2.75, 3.05) is 14.2 Å². The summed E-state index contributed by atoms with van der Waals surface area (Å²) in [4.78, 5) is 0. The molecule has 0 radical (unpaired) electrons. The minimum Gasteiger partial charge on any atom is -0.496 e. The molecule has 112 valence electrons. The predicted molar refractivity (Wildman–Crippen MR) is 84.9 cm³/mol. The Labute approximate surface area is 129 Å². The molecule has 21 heavy (non-hydrogen) atoms. The third-order valence-corrected chi connectivity index (χ3v) is 3.86. The van der Waals surface area contributed by atoms with E-state index in [1.165, 1.54) is 0 Å². The van der Waals surface area contributed by atoms with E-state index in [1.54, 1.807) is 14.2 Å². The Morgan fingerprint density at radius 1 is 1.10 bits per heavy atom. The van der Waals surface area contributed by atoms with Gasteiger partial charge in [0.1, 0.15) is 11.5 Å². The lowest BCUT2D eigenvalue weighted by molar-refractivity contribution is 0.377. The van der Waals surface area contributed by atoms with Gasteiger partial charge in [0, 0.05) is 5.02 Å². The van der Waals surface area contributed by atoms with Gasteiger partial charge in [-0.25, -0.2) is 5.43 Å². The second-order valence-corrected chi connectivity index (χ2v) is 5.09. The fourth-order valence-corrected chi connectivity index (χ4v) is 2.49.